The van der Waals surface area contributed by atoms with E-state index in [0.29, 0.717) is 6.04 Å². The van der Waals surface area contributed by atoms with E-state index in [-0.39, 0.29) is 0 Å². The summed E-state index contributed by atoms with van der Waals surface area (Å²) < 4.78 is 0. The molecule has 0 spiro atoms. The van der Waals surface area contributed by atoms with Crippen LogP contribution in [-0.4, -0.2) is 30.6 Å². The van der Waals surface area contributed by atoms with Gasteiger partial charge in [0.15, 0.2) is 0 Å². The molecule has 0 aromatic heterocycles. The Morgan fingerprint density at radius 2 is 2.06 bits per heavy atom. The smallest absolute Gasteiger partial charge is 0.0239 e. The summed E-state index contributed by atoms with van der Waals surface area (Å²) in [4.78, 5) is 2.57. The first-order valence-electron chi connectivity index (χ1n) is 6.32. The lowest BCUT2D eigenvalue weighted by Gasteiger charge is -2.33. The van der Waals surface area contributed by atoms with E-state index in [1.807, 2.05) is 0 Å². The topological polar surface area (TPSA) is 15.3 Å². The number of likely N-dealkylation sites (N-methyl/N-ethyl adjacent to an activating group) is 1. The molecule has 0 aliphatic carbocycles. The summed E-state index contributed by atoms with van der Waals surface area (Å²) in [7, 11) is 0. The van der Waals surface area contributed by atoms with E-state index in [1.165, 1.54) is 24.1 Å². The van der Waals surface area contributed by atoms with E-state index < -0.39 is 0 Å². The quantitative estimate of drug-likeness (QED) is 0.832. The van der Waals surface area contributed by atoms with Crippen molar-refractivity contribution in [3.8, 4) is 0 Å². The first kappa shape index (κ1) is 11.6. The number of rotatable bonds is 4. The second-order valence-corrected chi connectivity index (χ2v) is 4.65. The third kappa shape index (κ3) is 2.63. The molecule has 16 heavy (non-hydrogen) atoms. The number of benzene rings is 1. The monoisotopic (exact) mass is 218 g/mol. The number of hydrogen-bond donors (Lipinski definition) is 1. The highest BCUT2D eigenvalue weighted by Gasteiger charge is 2.19. The van der Waals surface area contributed by atoms with Gasteiger partial charge in [-0.1, -0.05) is 31.2 Å². The van der Waals surface area contributed by atoms with E-state index in [1.54, 1.807) is 0 Å². The highest BCUT2D eigenvalue weighted by Crippen LogP contribution is 2.19. The van der Waals surface area contributed by atoms with Gasteiger partial charge in [0.2, 0.25) is 0 Å². The molecular weight excluding hydrogens is 196 g/mol. The standard InChI is InChI=1S/C14H22N2/c1-3-15-10-12(2)16-9-8-13-6-4-5-7-14(13)11-16/h4-7,12,15H,3,8-11H2,1-2H3. The van der Waals surface area contributed by atoms with Gasteiger partial charge in [-0.25, -0.2) is 0 Å². The van der Waals surface area contributed by atoms with Crippen molar-refractivity contribution in [2.75, 3.05) is 19.6 Å². The average Bonchev–Trinajstić information content (AvgIpc) is 2.35. The van der Waals surface area contributed by atoms with Crippen LogP contribution in [0.2, 0.25) is 0 Å². The Bertz CT molecular complexity index is 335. The second-order valence-electron chi connectivity index (χ2n) is 4.65. The lowest BCUT2D eigenvalue weighted by Crippen LogP contribution is -2.43. The zero-order chi connectivity index (χ0) is 11.4. The normalized spacial score (nSPS) is 18.1. The molecule has 0 amide bonds. The third-order valence-corrected chi connectivity index (χ3v) is 3.47. The Morgan fingerprint density at radius 3 is 2.81 bits per heavy atom. The summed E-state index contributed by atoms with van der Waals surface area (Å²) in [6, 6.07) is 9.46. The fraction of sp³-hybridized carbons (Fsp3) is 0.571. The van der Waals surface area contributed by atoms with Gasteiger partial charge in [-0.2, -0.15) is 0 Å². The Kier molecular flexibility index (Phi) is 3.97. The number of nitrogens with zero attached hydrogens (tertiary/aromatic N) is 1. The van der Waals surface area contributed by atoms with Crippen molar-refractivity contribution in [1.82, 2.24) is 10.2 Å². The molecule has 1 aliphatic heterocycles. The molecule has 1 unspecified atom stereocenters. The number of nitrogens with one attached hydrogen (secondary N) is 1. The number of fused-ring (bicyclic) bond motifs is 1. The van der Waals surface area contributed by atoms with E-state index in [2.05, 4.69) is 48.3 Å². The lowest BCUT2D eigenvalue weighted by molar-refractivity contribution is 0.187. The highest BCUT2D eigenvalue weighted by molar-refractivity contribution is 5.29. The van der Waals surface area contributed by atoms with Gasteiger partial charge in [0.25, 0.3) is 0 Å². The molecule has 88 valence electrons. The van der Waals surface area contributed by atoms with Crippen LogP contribution >= 0.6 is 0 Å². The Balaban J connectivity index is 1.97. The van der Waals surface area contributed by atoms with Gasteiger partial charge in [0, 0.05) is 25.7 Å². The molecule has 0 saturated carbocycles. The van der Waals surface area contributed by atoms with Crippen LogP contribution in [0.3, 0.4) is 0 Å². The summed E-state index contributed by atoms with van der Waals surface area (Å²) in [6.45, 7) is 8.95. The van der Waals surface area contributed by atoms with Gasteiger partial charge < -0.3 is 5.32 Å². The summed E-state index contributed by atoms with van der Waals surface area (Å²) >= 11 is 0. The molecule has 0 fully saturated rings. The Morgan fingerprint density at radius 1 is 1.31 bits per heavy atom. The fourth-order valence-electron chi connectivity index (χ4n) is 2.38. The second kappa shape index (κ2) is 5.46. The average molecular weight is 218 g/mol. The van der Waals surface area contributed by atoms with Gasteiger partial charge in [0.05, 0.1) is 0 Å². The molecule has 2 rings (SSSR count). The minimum absolute atomic E-state index is 0.633. The van der Waals surface area contributed by atoms with E-state index in [0.717, 1.165) is 19.6 Å². The largest absolute Gasteiger partial charge is 0.315 e. The van der Waals surface area contributed by atoms with Crippen LogP contribution in [-0.2, 0) is 13.0 Å². The Labute approximate surface area is 98.7 Å². The predicted octanol–water partition coefficient (Wildman–Crippen LogP) is 2.04. The predicted molar refractivity (Wildman–Crippen MR) is 68.6 cm³/mol. The van der Waals surface area contributed by atoms with Crippen LogP contribution in [0, 0.1) is 0 Å². The molecule has 1 aliphatic rings. The van der Waals surface area contributed by atoms with Crippen LogP contribution < -0.4 is 5.32 Å². The van der Waals surface area contributed by atoms with Crippen molar-refractivity contribution in [3.63, 3.8) is 0 Å². The Hall–Kier alpha value is -0.860. The van der Waals surface area contributed by atoms with Crippen LogP contribution in [0.25, 0.3) is 0 Å². The molecule has 1 N–H and O–H groups in total. The van der Waals surface area contributed by atoms with Crippen LogP contribution in [0.5, 0.6) is 0 Å². The highest BCUT2D eigenvalue weighted by atomic mass is 15.2. The molecule has 1 aromatic rings. The van der Waals surface area contributed by atoms with Crippen LogP contribution in [0.1, 0.15) is 25.0 Å². The maximum absolute atomic E-state index is 3.43. The van der Waals surface area contributed by atoms with E-state index in [4.69, 9.17) is 0 Å². The SMILES string of the molecule is CCNCC(C)N1CCc2ccccc2C1. The molecule has 0 saturated heterocycles. The first-order valence-corrected chi connectivity index (χ1v) is 6.32. The number of hydrogen-bond acceptors (Lipinski definition) is 2. The summed E-state index contributed by atoms with van der Waals surface area (Å²) in [6.07, 6.45) is 1.20. The van der Waals surface area contributed by atoms with Gasteiger partial charge in [0.1, 0.15) is 0 Å². The van der Waals surface area contributed by atoms with Gasteiger partial charge >= 0.3 is 0 Å². The summed E-state index contributed by atoms with van der Waals surface area (Å²) in [5, 5.41) is 3.43. The molecule has 2 heteroatoms. The van der Waals surface area contributed by atoms with Crippen molar-refractivity contribution < 1.29 is 0 Å². The van der Waals surface area contributed by atoms with Gasteiger partial charge in [-0.3, -0.25) is 4.90 Å². The molecule has 1 atom stereocenters. The molecule has 1 heterocycles. The first-order chi connectivity index (χ1) is 7.81. The van der Waals surface area contributed by atoms with Crippen molar-refractivity contribution >= 4 is 0 Å². The zero-order valence-corrected chi connectivity index (χ0v) is 10.4. The molecule has 0 radical (unpaired) electrons. The molecular formula is C14H22N2. The molecule has 0 bridgehead atoms. The minimum Gasteiger partial charge on any atom is -0.315 e. The third-order valence-electron chi connectivity index (χ3n) is 3.47. The van der Waals surface area contributed by atoms with Crippen molar-refractivity contribution in [2.45, 2.75) is 32.9 Å². The van der Waals surface area contributed by atoms with Crippen molar-refractivity contribution in [2.24, 2.45) is 0 Å². The van der Waals surface area contributed by atoms with Crippen LogP contribution in [0.4, 0.5) is 0 Å². The zero-order valence-electron chi connectivity index (χ0n) is 10.4. The van der Waals surface area contributed by atoms with E-state index >= 15 is 0 Å². The maximum atomic E-state index is 3.43. The molecule has 1 aromatic carbocycles. The van der Waals surface area contributed by atoms with Crippen molar-refractivity contribution in [1.29, 1.82) is 0 Å². The van der Waals surface area contributed by atoms with Crippen LogP contribution in [0.15, 0.2) is 24.3 Å². The summed E-state index contributed by atoms with van der Waals surface area (Å²) in [5.74, 6) is 0. The fourth-order valence-corrected chi connectivity index (χ4v) is 2.38. The van der Waals surface area contributed by atoms with Gasteiger partial charge in [-0.15, -0.1) is 0 Å². The van der Waals surface area contributed by atoms with Crippen molar-refractivity contribution in [3.05, 3.63) is 35.4 Å². The summed E-state index contributed by atoms with van der Waals surface area (Å²) in [5.41, 5.74) is 3.05. The lowest BCUT2D eigenvalue weighted by atomic mass is 9.99. The van der Waals surface area contributed by atoms with E-state index in [9.17, 15) is 0 Å². The molecule has 2 nitrogen and oxygen atoms in total. The maximum Gasteiger partial charge on any atom is 0.0239 e. The minimum atomic E-state index is 0.633. The van der Waals surface area contributed by atoms with Gasteiger partial charge in [-0.05, 0) is 31.0 Å².